The summed E-state index contributed by atoms with van der Waals surface area (Å²) in [7, 11) is 0. The summed E-state index contributed by atoms with van der Waals surface area (Å²) in [5, 5.41) is 11.7. The molecule has 2 heterocycles. The number of nitrogens with one attached hydrogen (secondary N) is 1. The molecular weight excluding hydrogens is 271 g/mol. The van der Waals surface area contributed by atoms with E-state index >= 15 is 0 Å². The third-order valence-corrected chi connectivity index (χ3v) is 3.11. The SMILES string of the molecule is N=C(N)c1cc(-c2ccco2)n(Cc2ccccc2F)n1. The van der Waals surface area contributed by atoms with Gasteiger partial charge in [-0.05, 0) is 24.3 Å². The molecule has 3 rings (SSSR count). The fraction of sp³-hybridized carbons (Fsp3) is 0.0667. The van der Waals surface area contributed by atoms with Crippen LogP contribution in [-0.2, 0) is 6.54 Å². The lowest BCUT2D eigenvalue weighted by atomic mass is 10.2. The first-order chi connectivity index (χ1) is 10.1. The summed E-state index contributed by atoms with van der Waals surface area (Å²) in [6, 6.07) is 11.7. The molecule has 1 aromatic carbocycles. The van der Waals surface area contributed by atoms with Crippen LogP contribution in [-0.4, -0.2) is 15.6 Å². The van der Waals surface area contributed by atoms with Gasteiger partial charge in [-0.2, -0.15) is 5.10 Å². The number of rotatable bonds is 4. The summed E-state index contributed by atoms with van der Waals surface area (Å²) >= 11 is 0. The summed E-state index contributed by atoms with van der Waals surface area (Å²) in [4.78, 5) is 0. The predicted octanol–water partition coefficient (Wildman–Crippen LogP) is 2.61. The Bertz CT molecular complexity index is 777. The van der Waals surface area contributed by atoms with E-state index < -0.39 is 0 Å². The van der Waals surface area contributed by atoms with E-state index in [1.54, 1.807) is 47.3 Å². The third kappa shape index (κ3) is 2.55. The average Bonchev–Trinajstić information content (AvgIpc) is 3.10. The second kappa shape index (κ2) is 5.24. The van der Waals surface area contributed by atoms with Crippen LogP contribution in [0.4, 0.5) is 4.39 Å². The summed E-state index contributed by atoms with van der Waals surface area (Å²) in [5.41, 5.74) is 6.96. The van der Waals surface area contributed by atoms with Gasteiger partial charge in [-0.15, -0.1) is 0 Å². The van der Waals surface area contributed by atoms with Crippen LogP contribution in [0.2, 0.25) is 0 Å². The van der Waals surface area contributed by atoms with Gasteiger partial charge in [0.1, 0.15) is 23.0 Å². The number of aromatic nitrogens is 2. The molecule has 0 saturated carbocycles. The van der Waals surface area contributed by atoms with Crippen molar-refractivity contribution in [3.8, 4) is 11.5 Å². The number of furan rings is 1. The minimum atomic E-state index is -0.303. The number of hydrogen-bond donors (Lipinski definition) is 2. The normalized spacial score (nSPS) is 10.7. The molecular formula is C15H13FN4O. The molecule has 0 spiro atoms. The molecule has 0 aliphatic rings. The lowest BCUT2D eigenvalue weighted by Gasteiger charge is -2.06. The van der Waals surface area contributed by atoms with Gasteiger partial charge in [-0.25, -0.2) is 4.39 Å². The van der Waals surface area contributed by atoms with E-state index in [0.29, 0.717) is 22.7 Å². The van der Waals surface area contributed by atoms with Crippen LogP contribution in [0.15, 0.2) is 53.1 Å². The second-order valence-electron chi connectivity index (χ2n) is 4.55. The van der Waals surface area contributed by atoms with Gasteiger partial charge in [0.15, 0.2) is 5.76 Å². The molecule has 3 aromatic rings. The van der Waals surface area contributed by atoms with Crippen molar-refractivity contribution >= 4 is 5.84 Å². The Balaban J connectivity index is 2.05. The van der Waals surface area contributed by atoms with E-state index in [1.807, 2.05) is 0 Å². The molecule has 6 heteroatoms. The summed E-state index contributed by atoms with van der Waals surface area (Å²) in [6.45, 7) is 0.232. The Morgan fingerprint density at radius 2 is 2.10 bits per heavy atom. The van der Waals surface area contributed by atoms with Gasteiger partial charge in [0, 0.05) is 5.56 Å². The molecule has 0 atom stereocenters. The van der Waals surface area contributed by atoms with Crippen LogP contribution in [0.5, 0.6) is 0 Å². The molecule has 0 aliphatic carbocycles. The molecule has 5 nitrogen and oxygen atoms in total. The Morgan fingerprint density at radius 1 is 1.29 bits per heavy atom. The Labute approximate surface area is 120 Å². The number of nitrogen functional groups attached to an aromatic ring is 1. The van der Waals surface area contributed by atoms with Crippen molar-refractivity contribution in [3.05, 3.63) is 65.8 Å². The second-order valence-corrected chi connectivity index (χ2v) is 4.55. The lowest BCUT2D eigenvalue weighted by Crippen LogP contribution is -2.13. The van der Waals surface area contributed by atoms with E-state index in [-0.39, 0.29) is 18.2 Å². The van der Waals surface area contributed by atoms with Crippen molar-refractivity contribution in [1.82, 2.24) is 9.78 Å². The average molecular weight is 284 g/mol. The topological polar surface area (TPSA) is 80.8 Å². The fourth-order valence-corrected chi connectivity index (χ4v) is 2.08. The van der Waals surface area contributed by atoms with Crippen molar-refractivity contribution < 1.29 is 8.81 Å². The fourth-order valence-electron chi connectivity index (χ4n) is 2.08. The molecule has 2 aromatic heterocycles. The molecule has 0 fully saturated rings. The molecule has 3 N–H and O–H groups in total. The van der Waals surface area contributed by atoms with E-state index in [9.17, 15) is 4.39 Å². The number of benzene rings is 1. The van der Waals surface area contributed by atoms with Crippen molar-refractivity contribution in [3.63, 3.8) is 0 Å². The Hall–Kier alpha value is -2.89. The van der Waals surface area contributed by atoms with Gasteiger partial charge in [0.25, 0.3) is 0 Å². The highest BCUT2D eigenvalue weighted by atomic mass is 19.1. The number of amidine groups is 1. The number of nitrogens with zero attached hydrogens (tertiary/aromatic N) is 2. The van der Waals surface area contributed by atoms with Crippen LogP contribution in [0.25, 0.3) is 11.5 Å². The van der Waals surface area contributed by atoms with Gasteiger partial charge < -0.3 is 10.2 Å². The number of hydrogen-bond acceptors (Lipinski definition) is 3. The zero-order valence-corrected chi connectivity index (χ0v) is 11.1. The zero-order chi connectivity index (χ0) is 14.8. The summed E-state index contributed by atoms with van der Waals surface area (Å²) in [5.74, 6) is 0.143. The molecule has 0 unspecified atom stereocenters. The quantitative estimate of drug-likeness (QED) is 0.571. The van der Waals surface area contributed by atoms with Gasteiger partial charge in [0.2, 0.25) is 0 Å². The smallest absolute Gasteiger partial charge is 0.151 e. The third-order valence-electron chi connectivity index (χ3n) is 3.11. The Kier molecular flexibility index (Phi) is 3.27. The minimum Gasteiger partial charge on any atom is -0.463 e. The van der Waals surface area contributed by atoms with Gasteiger partial charge >= 0.3 is 0 Å². The number of halogens is 1. The van der Waals surface area contributed by atoms with Crippen molar-refractivity contribution in [1.29, 1.82) is 5.41 Å². The molecule has 21 heavy (non-hydrogen) atoms. The van der Waals surface area contributed by atoms with E-state index in [2.05, 4.69) is 5.10 Å². The minimum absolute atomic E-state index is 0.143. The molecule has 0 saturated heterocycles. The van der Waals surface area contributed by atoms with E-state index in [0.717, 1.165) is 0 Å². The van der Waals surface area contributed by atoms with E-state index in [1.165, 1.54) is 6.07 Å². The standard InChI is InChI=1S/C15H13FN4O/c16-11-5-2-1-4-10(11)9-20-13(14-6-3-7-21-14)8-12(19-20)15(17)18/h1-8H,9H2,(H3,17,18). The maximum absolute atomic E-state index is 13.8. The first-order valence-corrected chi connectivity index (χ1v) is 6.34. The van der Waals surface area contributed by atoms with Crippen LogP contribution in [0.3, 0.4) is 0 Å². The number of nitrogens with two attached hydrogens (primary N) is 1. The highest BCUT2D eigenvalue weighted by Gasteiger charge is 2.15. The molecule has 0 radical (unpaired) electrons. The first kappa shape index (κ1) is 13.1. The van der Waals surface area contributed by atoms with Crippen molar-refractivity contribution in [2.75, 3.05) is 0 Å². The van der Waals surface area contributed by atoms with Crippen LogP contribution >= 0.6 is 0 Å². The van der Waals surface area contributed by atoms with Gasteiger partial charge in [0.05, 0.1) is 12.8 Å². The summed E-state index contributed by atoms with van der Waals surface area (Å²) in [6.07, 6.45) is 1.54. The molecule has 0 aliphatic heterocycles. The van der Waals surface area contributed by atoms with Crippen molar-refractivity contribution in [2.24, 2.45) is 5.73 Å². The zero-order valence-electron chi connectivity index (χ0n) is 11.1. The molecule has 106 valence electrons. The summed E-state index contributed by atoms with van der Waals surface area (Å²) < 4.78 is 20.7. The highest BCUT2D eigenvalue weighted by Crippen LogP contribution is 2.22. The van der Waals surface area contributed by atoms with Gasteiger partial charge in [-0.1, -0.05) is 18.2 Å². The van der Waals surface area contributed by atoms with Crippen LogP contribution in [0, 0.1) is 11.2 Å². The maximum Gasteiger partial charge on any atom is 0.151 e. The van der Waals surface area contributed by atoms with Crippen LogP contribution < -0.4 is 5.73 Å². The largest absolute Gasteiger partial charge is 0.463 e. The maximum atomic E-state index is 13.8. The van der Waals surface area contributed by atoms with Crippen LogP contribution in [0.1, 0.15) is 11.3 Å². The molecule has 0 bridgehead atoms. The predicted molar refractivity (Wildman–Crippen MR) is 76.4 cm³/mol. The monoisotopic (exact) mass is 284 g/mol. The Morgan fingerprint density at radius 3 is 2.76 bits per heavy atom. The highest BCUT2D eigenvalue weighted by molar-refractivity contribution is 5.93. The lowest BCUT2D eigenvalue weighted by molar-refractivity contribution is 0.559. The molecule has 0 amide bonds. The van der Waals surface area contributed by atoms with E-state index in [4.69, 9.17) is 15.6 Å². The van der Waals surface area contributed by atoms with Gasteiger partial charge in [-0.3, -0.25) is 10.1 Å². The van der Waals surface area contributed by atoms with Crippen molar-refractivity contribution in [2.45, 2.75) is 6.54 Å². The first-order valence-electron chi connectivity index (χ1n) is 6.34.